The zero-order valence-electron chi connectivity index (χ0n) is 13.6. The lowest BCUT2D eigenvalue weighted by Crippen LogP contribution is -2.39. The summed E-state index contributed by atoms with van der Waals surface area (Å²) in [5, 5.41) is 6.17. The summed E-state index contributed by atoms with van der Waals surface area (Å²) in [6.45, 7) is 5.32. The Bertz CT molecular complexity index is 605. The Balaban J connectivity index is 2.42. The highest BCUT2D eigenvalue weighted by atomic mass is 32.2. The molecule has 0 bridgehead atoms. The summed E-state index contributed by atoms with van der Waals surface area (Å²) in [5.74, 6) is 0.419. The van der Waals surface area contributed by atoms with Gasteiger partial charge in [0.2, 0.25) is 10.0 Å². The Kier molecular flexibility index (Phi) is 8.57. The molecule has 0 amide bonds. The van der Waals surface area contributed by atoms with Gasteiger partial charge in [-0.1, -0.05) is 18.2 Å². The molecule has 1 rings (SSSR count). The summed E-state index contributed by atoms with van der Waals surface area (Å²) < 4.78 is 38.6. The lowest BCUT2D eigenvalue weighted by atomic mass is 10.1. The molecule has 0 aliphatic rings. The van der Waals surface area contributed by atoms with Gasteiger partial charge in [-0.15, -0.1) is 0 Å². The van der Waals surface area contributed by atoms with Crippen molar-refractivity contribution in [3.8, 4) is 0 Å². The van der Waals surface area contributed by atoms with Crippen molar-refractivity contribution in [3.63, 3.8) is 0 Å². The largest absolute Gasteiger partial charge is 0.357 e. The monoisotopic (exact) mass is 344 g/mol. The molecule has 23 heavy (non-hydrogen) atoms. The van der Waals surface area contributed by atoms with E-state index in [0.29, 0.717) is 37.6 Å². The first-order valence-electron chi connectivity index (χ1n) is 7.71. The van der Waals surface area contributed by atoms with E-state index in [1.165, 1.54) is 6.07 Å². The van der Waals surface area contributed by atoms with E-state index in [9.17, 15) is 12.8 Å². The van der Waals surface area contributed by atoms with Crippen LogP contribution in [0.15, 0.2) is 29.3 Å². The predicted molar refractivity (Wildman–Crippen MR) is 91.5 cm³/mol. The summed E-state index contributed by atoms with van der Waals surface area (Å²) in [5.41, 5.74) is 0.645. The molecule has 0 heterocycles. The van der Waals surface area contributed by atoms with Crippen LogP contribution in [-0.4, -0.2) is 46.3 Å². The van der Waals surface area contributed by atoms with Crippen LogP contribution in [0.3, 0.4) is 0 Å². The Morgan fingerprint density at radius 3 is 2.57 bits per heavy atom. The van der Waals surface area contributed by atoms with E-state index < -0.39 is 10.0 Å². The normalized spacial score (nSPS) is 12.2. The molecule has 0 unspecified atom stereocenters. The second-order valence-corrected chi connectivity index (χ2v) is 6.92. The average molecular weight is 344 g/mol. The van der Waals surface area contributed by atoms with E-state index in [4.69, 9.17) is 0 Å². The zero-order chi connectivity index (χ0) is 17.1. The molecular weight excluding hydrogens is 319 g/mol. The first kappa shape index (κ1) is 19.4. The third kappa shape index (κ3) is 7.94. The predicted octanol–water partition coefficient (Wildman–Crippen LogP) is 0.863. The highest BCUT2D eigenvalue weighted by Gasteiger charge is 2.05. The topological polar surface area (TPSA) is 82.6 Å². The highest BCUT2D eigenvalue weighted by molar-refractivity contribution is 7.89. The molecule has 8 heteroatoms. The van der Waals surface area contributed by atoms with Crippen molar-refractivity contribution in [2.75, 3.05) is 31.9 Å². The molecule has 0 aliphatic heterocycles. The molecule has 0 aliphatic carbocycles. The molecular formula is C15H25FN4O2S. The molecule has 0 aromatic heterocycles. The number of aliphatic imine (C=N–C) groups is 1. The fourth-order valence-corrected chi connectivity index (χ4v) is 2.44. The van der Waals surface area contributed by atoms with Gasteiger partial charge in [0.15, 0.2) is 5.96 Å². The van der Waals surface area contributed by atoms with Crippen LogP contribution in [-0.2, 0) is 16.4 Å². The maximum absolute atomic E-state index is 13.5. The van der Waals surface area contributed by atoms with Crippen LogP contribution in [0.1, 0.15) is 19.4 Å². The number of nitrogens with one attached hydrogen (secondary N) is 3. The van der Waals surface area contributed by atoms with Crippen LogP contribution in [0.2, 0.25) is 0 Å². The fraction of sp³-hybridized carbons (Fsp3) is 0.533. The van der Waals surface area contributed by atoms with Gasteiger partial charge in [0.05, 0.1) is 12.3 Å². The Hall–Kier alpha value is -1.67. The zero-order valence-corrected chi connectivity index (χ0v) is 14.4. The first-order chi connectivity index (χ1) is 11.0. The third-order valence-electron chi connectivity index (χ3n) is 3.07. The SMILES string of the molecule is CCNC(=NCCNS(=O)(=O)CC)NCCc1ccccc1F. The van der Waals surface area contributed by atoms with E-state index in [1.807, 2.05) is 6.92 Å². The fourth-order valence-electron chi connectivity index (χ4n) is 1.83. The van der Waals surface area contributed by atoms with Gasteiger partial charge in [0, 0.05) is 19.6 Å². The van der Waals surface area contributed by atoms with E-state index in [0.717, 1.165) is 0 Å². The lowest BCUT2D eigenvalue weighted by Gasteiger charge is -2.11. The molecule has 1 aromatic carbocycles. The van der Waals surface area contributed by atoms with Gasteiger partial charge in [-0.25, -0.2) is 17.5 Å². The van der Waals surface area contributed by atoms with Gasteiger partial charge < -0.3 is 10.6 Å². The number of benzene rings is 1. The number of halogens is 1. The first-order valence-corrected chi connectivity index (χ1v) is 9.36. The Morgan fingerprint density at radius 1 is 1.17 bits per heavy atom. The van der Waals surface area contributed by atoms with Crippen molar-refractivity contribution in [1.82, 2.24) is 15.4 Å². The highest BCUT2D eigenvalue weighted by Crippen LogP contribution is 2.05. The van der Waals surface area contributed by atoms with Crippen molar-refractivity contribution in [3.05, 3.63) is 35.6 Å². The smallest absolute Gasteiger partial charge is 0.211 e. The van der Waals surface area contributed by atoms with Gasteiger partial charge in [-0.05, 0) is 31.9 Å². The van der Waals surface area contributed by atoms with Gasteiger partial charge in [-0.2, -0.15) is 0 Å². The van der Waals surface area contributed by atoms with E-state index in [2.05, 4.69) is 20.3 Å². The molecule has 0 saturated heterocycles. The minimum Gasteiger partial charge on any atom is -0.357 e. The number of sulfonamides is 1. The molecule has 3 N–H and O–H groups in total. The van der Waals surface area contributed by atoms with Crippen LogP contribution in [0.25, 0.3) is 0 Å². The Labute approximate surface area is 137 Å². The second kappa shape index (κ2) is 10.2. The van der Waals surface area contributed by atoms with Crippen molar-refractivity contribution in [2.45, 2.75) is 20.3 Å². The molecule has 0 radical (unpaired) electrons. The number of guanidine groups is 1. The van der Waals surface area contributed by atoms with Gasteiger partial charge in [0.1, 0.15) is 5.82 Å². The summed E-state index contributed by atoms with van der Waals surface area (Å²) in [6, 6.07) is 6.65. The molecule has 6 nitrogen and oxygen atoms in total. The van der Waals surface area contributed by atoms with Gasteiger partial charge in [0.25, 0.3) is 0 Å². The minimum atomic E-state index is -3.19. The van der Waals surface area contributed by atoms with E-state index in [1.54, 1.807) is 25.1 Å². The summed E-state index contributed by atoms with van der Waals surface area (Å²) in [6.07, 6.45) is 0.541. The molecule has 0 saturated carbocycles. The van der Waals surface area contributed by atoms with Gasteiger partial charge in [-0.3, -0.25) is 4.99 Å². The van der Waals surface area contributed by atoms with Crippen LogP contribution in [0, 0.1) is 5.82 Å². The number of nitrogens with zero attached hydrogens (tertiary/aromatic N) is 1. The molecule has 0 fully saturated rings. The second-order valence-electron chi connectivity index (χ2n) is 4.83. The van der Waals surface area contributed by atoms with Gasteiger partial charge >= 0.3 is 0 Å². The van der Waals surface area contributed by atoms with Crippen molar-refractivity contribution in [1.29, 1.82) is 0 Å². The van der Waals surface area contributed by atoms with Crippen LogP contribution in [0.4, 0.5) is 4.39 Å². The van der Waals surface area contributed by atoms with Crippen LogP contribution in [0.5, 0.6) is 0 Å². The molecule has 0 atom stereocenters. The van der Waals surface area contributed by atoms with E-state index in [-0.39, 0.29) is 18.1 Å². The van der Waals surface area contributed by atoms with Crippen molar-refractivity contribution < 1.29 is 12.8 Å². The van der Waals surface area contributed by atoms with Crippen LogP contribution < -0.4 is 15.4 Å². The summed E-state index contributed by atoms with van der Waals surface area (Å²) in [7, 11) is -3.19. The maximum atomic E-state index is 13.5. The minimum absolute atomic E-state index is 0.0532. The molecule has 1 aromatic rings. The molecule has 130 valence electrons. The lowest BCUT2D eigenvalue weighted by molar-refractivity contribution is 0.583. The Morgan fingerprint density at radius 2 is 1.91 bits per heavy atom. The summed E-state index contributed by atoms with van der Waals surface area (Å²) in [4.78, 5) is 4.28. The number of rotatable bonds is 9. The molecule has 0 spiro atoms. The number of hydrogen-bond acceptors (Lipinski definition) is 3. The third-order valence-corrected chi connectivity index (χ3v) is 4.48. The quantitative estimate of drug-likeness (QED) is 0.353. The maximum Gasteiger partial charge on any atom is 0.211 e. The standard InChI is InChI=1S/C15H25FN4O2S/c1-3-17-15(19-11-12-20-23(21,22)4-2)18-10-9-13-7-5-6-8-14(13)16/h5-8,20H,3-4,9-12H2,1-2H3,(H2,17,18,19). The number of hydrogen-bond donors (Lipinski definition) is 3. The summed E-state index contributed by atoms with van der Waals surface area (Å²) >= 11 is 0. The van der Waals surface area contributed by atoms with Crippen LogP contribution >= 0.6 is 0 Å². The van der Waals surface area contributed by atoms with Crippen molar-refractivity contribution >= 4 is 16.0 Å². The van der Waals surface area contributed by atoms with E-state index >= 15 is 0 Å². The van der Waals surface area contributed by atoms with Crippen molar-refractivity contribution in [2.24, 2.45) is 4.99 Å². The average Bonchev–Trinajstić information content (AvgIpc) is 2.53.